The van der Waals surface area contributed by atoms with Gasteiger partial charge in [-0.05, 0) is 19.0 Å². The van der Waals surface area contributed by atoms with Gasteiger partial charge < -0.3 is 5.32 Å². The number of hydrogen-bond acceptors (Lipinski definition) is 2. The van der Waals surface area contributed by atoms with Crippen LogP contribution in [-0.4, -0.2) is 16.7 Å². The summed E-state index contributed by atoms with van der Waals surface area (Å²) >= 11 is 6.18. The lowest BCUT2D eigenvalue weighted by atomic mass is 10.1. The number of rotatable bonds is 5. The summed E-state index contributed by atoms with van der Waals surface area (Å²) in [6, 6.07) is 7.79. The maximum Gasteiger partial charge on any atom is 0.0710 e. The number of nitrogens with zero attached hydrogens (tertiary/aromatic N) is 1. The molecule has 0 spiro atoms. The molecular formula is C13H16ClN3. The van der Waals surface area contributed by atoms with Crippen molar-refractivity contribution in [1.29, 1.82) is 0 Å². The summed E-state index contributed by atoms with van der Waals surface area (Å²) < 4.78 is 0. The number of benzene rings is 1. The van der Waals surface area contributed by atoms with Crippen molar-refractivity contribution < 1.29 is 0 Å². The first-order chi connectivity index (χ1) is 8.33. The molecule has 2 rings (SSSR count). The predicted octanol–water partition coefficient (Wildman–Crippen LogP) is 3.23. The quantitative estimate of drug-likeness (QED) is 0.799. The highest BCUT2D eigenvalue weighted by Crippen LogP contribution is 2.28. The molecule has 0 aliphatic carbocycles. The molecule has 4 heteroatoms. The van der Waals surface area contributed by atoms with E-state index in [1.54, 1.807) is 0 Å². The van der Waals surface area contributed by atoms with Crippen LogP contribution in [0, 0.1) is 0 Å². The lowest BCUT2D eigenvalue weighted by Crippen LogP contribution is -2.13. The highest BCUT2D eigenvalue weighted by atomic mass is 35.5. The number of hydrogen-bond donors (Lipinski definition) is 2. The van der Waals surface area contributed by atoms with E-state index in [1.165, 1.54) is 0 Å². The summed E-state index contributed by atoms with van der Waals surface area (Å²) in [5, 5.41) is 11.2. The van der Waals surface area contributed by atoms with Crippen molar-refractivity contribution in [3.8, 4) is 11.3 Å². The van der Waals surface area contributed by atoms with Gasteiger partial charge in [0.05, 0.1) is 11.9 Å². The second-order valence-corrected chi connectivity index (χ2v) is 4.33. The van der Waals surface area contributed by atoms with Gasteiger partial charge in [0.25, 0.3) is 0 Å². The van der Waals surface area contributed by atoms with Gasteiger partial charge >= 0.3 is 0 Å². The van der Waals surface area contributed by atoms with E-state index in [1.807, 2.05) is 30.5 Å². The van der Waals surface area contributed by atoms with E-state index in [4.69, 9.17) is 11.6 Å². The Balaban J connectivity index is 2.22. The summed E-state index contributed by atoms with van der Waals surface area (Å²) in [5.74, 6) is 0. The highest BCUT2D eigenvalue weighted by Gasteiger charge is 2.09. The molecule has 1 heterocycles. The minimum atomic E-state index is 0.744. The van der Waals surface area contributed by atoms with Gasteiger partial charge in [-0.25, -0.2) is 0 Å². The minimum absolute atomic E-state index is 0.744. The van der Waals surface area contributed by atoms with Gasteiger partial charge in [-0.3, -0.25) is 5.10 Å². The molecule has 3 nitrogen and oxygen atoms in total. The second kappa shape index (κ2) is 5.84. The number of nitrogens with one attached hydrogen (secondary N) is 2. The standard InChI is InChI=1S/C13H16ClN3/c1-2-7-15-8-10-9-16-17-13(10)11-5-3-4-6-12(11)14/h3-6,9,15H,2,7-8H2,1H3,(H,16,17). The fourth-order valence-corrected chi connectivity index (χ4v) is 1.97. The normalized spacial score (nSPS) is 10.7. The minimum Gasteiger partial charge on any atom is -0.313 e. The highest BCUT2D eigenvalue weighted by molar-refractivity contribution is 6.33. The summed E-state index contributed by atoms with van der Waals surface area (Å²) in [6.45, 7) is 3.97. The molecule has 2 aromatic rings. The molecule has 2 N–H and O–H groups in total. The van der Waals surface area contributed by atoms with E-state index in [2.05, 4.69) is 22.4 Å². The molecule has 0 fully saturated rings. The monoisotopic (exact) mass is 249 g/mol. The molecule has 0 saturated carbocycles. The molecule has 0 amide bonds. The van der Waals surface area contributed by atoms with E-state index in [9.17, 15) is 0 Å². The first kappa shape index (κ1) is 12.1. The van der Waals surface area contributed by atoms with Crippen LogP contribution in [0.1, 0.15) is 18.9 Å². The third kappa shape index (κ3) is 2.87. The van der Waals surface area contributed by atoms with E-state index in [-0.39, 0.29) is 0 Å². The largest absolute Gasteiger partial charge is 0.313 e. The van der Waals surface area contributed by atoms with Gasteiger partial charge in [0.2, 0.25) is 0 Å². The van der Waals surface area contributed by atoms with Gasteiger partial charge in [-0.15, -0.1) is 0 Å². The molecule has 0 unspecified atom stereocenters. The van der Waals surface area contributed by atoms with Crippen molar-refractivity contribution >= 4 is 11.6 Å². The zero-order chi connectivity index (χ0) is 12.1. The van der Waals surface area contributed by atoms with Crippen LogP contribution in [0.25, 0.3) is 11.3 Å². The van der Waals surface area contributed by atoms with Crippen LogP contribution in [0.4, 0.5) is 0 Å². The Hall–Kier alpha value is -1.32. The van der Waals surface area contributed by atoms with Gasteiger partial charge in [0.1, 0.15) is 0 Å². The number of H-pyrrole nitrogens is 1. The summed E-state index contributed by atoms with van der Waals surface area (Å²) in [4.78, 5) is 0. The van der Waals surface area contributed by atoms with Crippen molar-refractivity contribution in [2.24, 2.45) is 0 Å². The molecule has 0 aliphatic heterocycles. The number of aromatic nitrogens is 2. The zero-order valence-corrected chi connectivity index (χ0v) is 10.6. The molecule has 0 atom stereocenters. The average Bonchev–Trinajstić information content (AvgIpc) is 2.78. The van der Waals surface area contributed by atoms with E-state index >= 15 is 0 Å². The van der Waals surface area contributed by atoms with Gasteiger partial charge in [0, 0.05) is 22.7 Å². The Kier molecular flexibility index (Phi) is 4.18. The molecule has 1 aromatic carbocycles. The van der Waals surface area contributed by atoms with Crippen LogP contribution in [0.5, 0.6) is 0 Å². The van der Waals surface area contributed by atoms with Gasteiger partial charge in [-0.2, -0.15) is 5.10 Å². The number of halogens is 1. The SMILES string of the molecule is CCCNCc1cn[nH]c1-c1ccccc1Cl. The molecule has 0 aliphatic rings. The van der Waals surface area contributed by atoms with Crippen molar-refractivity contribution in [3.63, 3.8) is 0 Å². The first-order valence-corrected chi connectivity index (χ1v) is 6.18. The van der Waals surface area contributed by atoms with Crippen LogP contribution >= 0.6 is 11.6 Å². The van der Waals surface area contributed by atoms with Crippen LogP contribution in [-0.2, 0) is 6.54 Å². The van der Waals surface area contributed by atoms with Crippen molar-refractivity contribution in [2.75, 3.05) is 6.54 Å². The van der Waals surface area contributed by atoms with E-state index < -0.39 is 0 Å². The Morgan fingerprint density at radius 3 is 2.94 bits per heavy atom. The molecular weight excluding hydrogens is 234 g/mol. The Labute approximate surface area is 106 Å². The third-order valence-electron chi connectivity index (χ3n) is 2.60. The maximum absolute atomic E-state index is 6.18. The average molecular weight is 250 g/mol. The molecule has 17 heavy (non-hydrogen) atoms. The van der Waals surface area contributed by atoms with Crippen LogP contribution in [0.2, 0.25) is 5.02 Å². The summed E-state index contributed by atoms with van der Waals surface area (Å²) in [5.41, 5.74) is 3.14. The van der Waals surface area contributed by atoms with Gasteiger partial charge in [-0.1, -0.05) is 36.7 Å². The van der Waals surface area contributed by atoms with Crippen LogP contribution in [0.15, 0.2) is 30.5 Å². The lowest BCUT2D eigenvalue weighted by Gasteiger charge is -2.06. The molecule has 0 radical (unpaired) electrons. The fraction of sp³-hybridized carbons (Fsp3) is 0.308. The summed E-state index contributed by atoms with van der Waals surface area (Å²) in [7, 11) is 0. The third-order valence-corrected chi connectivity index (χ3v) is 2.93. The topological polar surface area (TPSA) is 40.7 Å². The molecule has 90 valence electrons. The Morgan fingerprint density at radius 1 is 1.35 bits per heavy atom. The van der Waals surface area contributed by atoms with Crippen molar-refractivity contribution in [1.82, 2.24) is 15.5 Å². The van der Waals surface area contributed by atoms with Crippen LogP contribution < -0.4 is 5.32 Å². The van der Waals surface area contributed by atoms with Crippen LogP contribution in [0.3, 0.4) is 0 Å². The van der Waals surface area contributed by atoms with Gasteiger partial charge in [0.15, 0.2) is 0 Å². The smallest absolute Gasteiger partial charge is 0.0710 e. The molecule has 0 saturated heterocycles. The lowest BCUT2D eigenvalue weighted by molar-refractivity contribution is 0.676. The van der Waals surface area contributed by atoms with E-state index in [0.29, 0.717) is 0 Å². The molecule has 1 aromatic heterocycles. The molecule has 0 bridgehead atoms. The van der Waals surface area contributed by atoms with Crippen molar-refractivity contribution in [3.05, 3.63) is 41.0 Å². The van der Waals surface area contributed by atoms with E-state index in [0.717, 1.165) is 41.4 Å². The predicted molar refractivity (Wildman–Crippen MR) is 71.0 cm³/mol. The zero-order valence-electron chi connectivity index (χ0n) is 9.83. The second-order valence-electron chi connectivity index (χ2n) is 3.93. The fourth-order valence-electron chi connectivity index (χ4n) is 1.74. The Morgan fingerprint density at radius 2 is 2.18 bits per heavy atom. The first-order valence-electron chi connectivity index (χ1n) is 5.80. The summed E-state index contributed by atoms with van der Waals surface area (Å²) in [6.07, 6.45) is 2.97. The van der Waals surface area contributed by atoms with Crippen molar-refractivity contribution in [2.45, 2.75) is 19.9 Å². The number of aromatic amines is 1. The Bertz CT molecular complexity index is 479. The maximum atomic E-state index is 6.18.